The molecule has 6 nitrogen and oxygen atoms in total. The van der Waals surface area contributed by atoms with Crippen molar-refractivity contribution >= 4 is 17.7 Å². The molecule has 2 heterocycles. The second kappa shape index (κ2) is 5.94. The minimum atomic E-state index is -1.10. The summed E-state index contributed by atoms with van der Waals surface area (Å²) in [5.74, 6) is -2.04. The third kappa shape index (κ3) is 2.68. The van der Waals surface area contributed by atoms with Gasteiger partial charge in [-0.15, -0.1) is 0 Å². The summed E-state index contributed by atoms with van der Waals surface area (Å²) in [6, 6.07) is 7.17. The van der Waals surface area contributed by atoms with E-state index in [0.717, 1.165) is 12.1 Å². The summed E-state index contributed by atoms with van der Waals surface area (Å²) in [5.41, 5.74) is 0.0909. The van der Waals surface area contributed by atoms with E-state index in [1.54, 1.807) is 25.1 Å². The Morgan fingerprint density at radius 1 is 1.26 bits per heavy atom. The number of urea groups is 1. The van der Waals surface area contributed by atoms with Crippen LogP contribution in [-0.4, -0.2) is 24.8 Å². The predicted molar refractivity (Wildman–Crippen MR) is 91.5 cm³/mol. The summed E-state index contributed by atoms with van der Waals surface area (Å²) in [4.78, 5) is 25.8. The summed E-state index contributed by atoms with van der Waals surface area (Å²) in [6.07, 6.45) is 0.357. The fourth-order valence-corrected chi connectivity index (χ4v) is 3.63. The summed E-state index contributed by atoms with van der Waals surface area (Å²) in [7, 11) is 1.29. The number of methoxy groups -OCH3 is 1. The quantitative estimate of drug-likeness (QED) is 0.817. The summed E-state index contributed by atoms with van der Waals surface area (Å²) < 4.78 is 37.7. The molecule has 2 aliphatic rings. The number of ether oxygens (including phenoxy) is 2. The average Bonchev–Trinajstić information content (AvgIpc) is 2.63. The largest absolute Gasteiger partial charge is 0.467 e. The van der Waals surface area contributed by atoms with E-state index in [4.69, 9.17) is 9.47 Å². The molecule has 8 heteroatoms. The van der Waals surface area contributed by atoms with Crippen LogP contribution in [0.25, 0.3) is 0 Å². The van der Waals surface area contributed by atoms with Gasteiger partial charge in [-0.2, -0.15) is 0 Å². The Kier molecular flexibility index (Phi) is 3.80. The third-order valence-electron chi connectivity index (χ3n) is 4.85. The van der Waals surface area contributed by atoms with Crippen molar-refractivity contribution in [3.63, 3.8) is 0 Å². The molecule has 1 N–H and O–H groups in total. The second-order valence-corrected chi connectivity index (χ2v) is 6.66. The number of esters is 1. The third-order valence-corrected chi connectivity index (χ3v) is 4.85. The van der Waals surface area contributed by atoms with Crippen molar-refractivity contribution in [1.82, 2.24) is 5.32 Å². The average molecular weight is 374 g/mol. The van der Waals surface area contributed by atoms with Gasteiger partial charge >= 0.3 is 12.0 Å². The molecule has 0 radical (unpaired) electrons. The molecule has 4 rings (SSSR count). The zero-order valence-electron chi connectivity index (χ0n) is 14.6. The van der Waals surface area contributed by atoms with Gasteiger partial charge in [0, 0.05) is 18.1 Å². The van der Waals surface area contributed by atoms with Crippen LogP contribution < -0.4 is 15.0 Å². The fourth-order valence-electron chi connectivity index (χ4n) is 3.63. The molecule has 2 aliphatic heterocycles. The van der Waals surface area contributed by atoms with Crippen LogP contribution in [0, 0.1) is 11.6 Å². The van der Waals surface area contributed by atoms with E-state index in [0.29, 0.717) is 23.3 Å². The van der Waals surface area contributed by atoms with Gasteiger partial charge in [0.25, 0.3) is 0 Å². The van der Waals surface area contributed by atoms with Gasteiger partial charge in [0.2, 0.25) is 0 Å². The first-order valence-electron chi connectivity index (χ1n) is 8.29. The van der Waals surface area contributed by atoms with Gasteiger partial charge in [0.05, 0.1) is 24.4 Å². The highest BCUT2D eigenvalue weighted by Crippen LogP contribution is 2.45. The van der Waals surface area contributed by atoms with Crippen molar-refractivity contribution in [2.75, 3.05) is 12.0 Å². The van der Waals surface area contributed by atoms with Crippen LogP contribution >= 0.6 is 0 Å². The Balaban J connectivity index is 1.76. The maximum atomic E-state index is 13.7. The number of hydrogen-bond acceptors (Lipinski definition) is 4. The highest BCUT2D eigenvalue weighted by atomic mass is 19.2. The van der Waals surface area contributed by atoms with Crippen LogP contribution in [-0.2, 0) is 4.74 Å². The van der Waals surface area contributed by atoms with E-state index >= 15 is 0 Å². The Labute approximate surface area is 153 Å². The van der Waals surface area contributed by atoms with Crippen LogP contribution in [0.4, 0.5) is 19.3 Å². The molecule has 0 unspecified atom stereocenters. The molecular weight excluding hydrogens is 358 g/mol. The van der Waals surface area contributed by atoms with E-state index in [2.05, 4.69) is 5.32 Å². The van der Waals surface area contributed by atoms with E-state index in [9.17, 15) is 18.4 Å². The lowest BCUT2D eigenvalue weighted by atomic mass is 9.89. The highest BCUT2D eigenvalue weighted by molar-refractivity contribution is 5.95. The number of carbonyl (C=O) groups excluding carboxylic acids is 2. The number of carbonyl (C=O) groups is 2. The van der Waals surface area contributed by atoms with Crippen LogP contribution in [0.2, 0.25) is 0 Å². The molecule has 2 aromatic carbocycles. The van der Waals surface area contributed by atoms with E-state index in [-0.39, 0.29) is 5.69 Å². The lowest BCUT2D eigenvalue weighted by Crippen LogP contribution is -2.65. The number of nitrogens with one attached hydrogen (secondary N) is 1. The fraction of sp³-hybridized carbons (Fsp3) is 0.263. The molecule has 2 atom stereocenters. The molecule has 2 amide bonds. The van der Waals surface area contributed by atoms with Gasteiger partial charge in [0.1, 0.15) is 5.75 Å². The summed E-state index contributed by atoms with van der Waals surface area (Å²) in [5, 5.41) is 2.83. The second-order valence-electron chi connectivity index (χ2n) is 6.66. The van der Waals surface area contributed by atoms with E-state index in [1.165, 1.54) is 18.1 Å². The monoisotopic (exact) mass is 374 g/mol. The maximum Gasteiger partial charge on any atom is 0.337 e. The standard InChI is InChI=1S/C19H16F2N2O4/c1-19-9-15(12-7-10(17(24)26-2)3-6-16(12)27-19)22-18(25)23(19)11-4-5-13(20)14(21)8-11/h3-8,15H,9H2,1-2H3,(H,22,25)/t15-,19+/m1/s1. The van der Waals surface area contributed by atoms with Crippen LogP contribution in [0.1, 0.15) is 35.3 Å². The number of fused-ring (bicyclic) bond motifs is 4. The Hall–Kier alpha value is -3.16. The molecule has 0 aromatic heterocycles. The first-order chi connectivity index (χ1) is 12.8. The first-order valence-corrected chi connectivity index (χ1v) is 8.29. The molecule has 0 saturated carbocycles. The molecule has 0 aliphatic carbocycles. The normalized spacial score (nSPS) is 23.2. The number of hydrogen-bond donors (Lipinski definition) is 1. The van der Waals surface area contributed by atoms with E-state index in [1.807, 2.05) is 0 Å². The van der Waals surface area contributed by atoms with Crippen molar-refractivity contribution < 1.29 is 27.8 Å². The van der Waals surface area contributed by atoms with E-state index < -0.39 is 35.4 Å². The maximum absolute atomic E-state index is 13.7. The predicted octanol–water partition coefficient (Wildman–Crippen LogP) is 3.52. The number of amides is 2. The van der Waals surface area contributed by atoms with Gasteiger partial charge < -0.3 is 14.8 Å². The van der Waals surface area contributed by atoms with Crippen LogP contribution in [0.3, 0.4) is 0 Å². The van der Waals surface area contributed by atoms with Crippen LogP contribution in [0.15, 0.2) is 36.4 Å². The molecule has 27 heavy (non-hydrogen) atoms. The smallest absolute Gasteiger partial charge is 0.337 e. The lowest BCUT2D eigenvalue weighted by Gasteiger charge is -2.50. The molecule has 0 spiro atoms. The van der Waals surface area contributed by atoms with Gasteiger partial charge in [-0.3, -0.25) is 4.90 Å². The highest BCUT2D eigenvalue weighted by Gasteiger charge is 2.50. The first kappa shape index (κ1) is 17.3. The SMILES string of the molecule is COC(=O)c1ccc2c(c1)[C@H]1C[C@](C)(O2)N(c2ccc(F)c(F)c2)C(=O)N1. The van der Waals surface area contributed by atoms with Crippen molar-refractivity contribution in [3.8, 4) is 5.75 Å². The Morgan fingerprint density at radius 2 is 2.04 bits per heavy atom. The Bertz CT molecular complexity index is 965. The van der Waals surface area contributed by atoms with Gasteiger partial charge in [0.15, 0.2) is 17.4 Å². The summed E-state index contributed by atoms with van der Waals surface area (Å²) >= 11 is 0. The molecule has 2 bridgehead atoms. The van der Waals surface area contributed by atoms with Crippen molar-refractivity contribution in [3.05, 3.63) is 59.2 Å². The topological polar surface area (TPSA) is 67.9 Å². The van der Waals surface area contributed by atoms with Crippen molar-refractivity contribution in [1.29, 1.82) is 0 Å². The van der Waals surface area contributed by atoms with Gasteiger partial charge in [-0.1, -0.05) is 0 Å². The minimum Gasteiger partial charge on any atom is -0.467 e. The number of benzene rings is 2. The Morgan fingerprint density at radius 3 is 2.74 bits per heavy atom. The zero-order chi connectivity index (χ0) is 19.3. The van der Waals surface area contributed by atoms with Gasteiger partial charge in [-0.25, -0.2) is 18.4 Å². The lowest BCUT2D eigenvalue weighted by molar-refractivity contribution is 0.0377. The molecule has 1 fully saturated rings. The number of anilines is 1. The number of nitrogens with zero attached hydrogens (tertiary/aromatic N) is 1. The number of rotatable bonds is 2. The molecule has 140 valence electrons. The number of halogens is 2. The van der Waals surface area contributed by atoms with Crippen LogP contribution in [0.5, 0.6) is 5.75 Å². The van der Waals surface area contributed by atoms with Crippen molar-refractivity contribution in [2.24, 2.45) is 0 Å². The molecular formula is C19H16F2N2O4. The van der Waals surface area contributed by atoms with Gasteiger partial charge in [-0.05, 0) is 37.3 Å². The summed E-state index contributed by atoms with van der Waals surface area (Å²) in [6.45, 7) is 1.71. The molecule has 1 saturated heterocycles. The minimum absolute atomic E-state index is 0.182. The van der Waals surface area contributed by atoms with Crippen molar-refractivity contribution in [2.45, 2.75) is 25.1 Å². The zero-order valence-corrected chi connectivity index (χ0v) is 14.6. The molecule has 2 aromatic rings.